The molecule has 1 aromatic rings. The highest BCUT2D eigenvalue weighted by Crippen LogP contribution is 2.08. The van der Waals surface area contributed by atoms with Gasteiger partial charge in [-0.05, 0) is 6.42 Å². The van der Waals surface area contributed by atoms with Crippen molar-refractivity contribution in [1.82, 2.24) is 0 Å². The summed E-state index contributed by atoms with van der Waals surface area (Å²) >= 11 is 0. The van der Waals surface area contributed by atoms with Gasteiger partial charge in [-0.15, -0.1) is 0 Å². The second-order valence-electron chi connectivity index (χ2n) is 5.31. The summed E-state index contributed by atoms with van der Waals surface area (Å²) in [5.41, 5.74) is 0.387. The Balaban J connectivity index is 2.05. The van der Waals surface area contributed by atoms with Crippen LogP contribution in [0.25, 0.3) is 0 Å². The van der Waals surface area contributed by atoms with Crippen molar-refractivity contribution in [2.75, 3.05) is 6.61 Å². The minimum Gasteiger partial charge on any atom is -0.460 e. The molecule has 0 bridgehead atoms. The first-order valence-electron chi connectivity index (χ1n) is 8.02. The molecule has 0 aliphatic rings. The molecular formula is C18H26O3. The molecule has 0 unspecified atom stereocenters. The average Bonchev–Trinajstić information content (AvgIpc) is 2.53. The molecule has 1 rings (SSSR count). The summed E-state index contributed by atoms with van der Waals surface area (Å²) < 4.78 is 5.01. The van der Waals surface area contributed by atoms with Crippen LogP contribution in [0.3, 0.4) is 0 Å². The standard InChI is InChI=1S/C18H26O3/c1-2-3-4-5-6-7-8-12-15-21-18(20)17(19)16-13-10-9-11-14-16/h9-11,13-14H,2-8,12,15H2,1H3. The Morgan fingerprint density at radius 2 is 1.43 bits per heavy atom. The molecule has 0 heterocycles. The molecule has 0 fully saturated rings. The second kappa shape index (κ2) is 11.1. The molecule has 0 saturated carbocycles. The van der Waals surface area contributed by atoms with E-state index >= 15 is 0 Å². The highest BCUT2D eigenvalue weighted by atomic mass is 16.5. The minimum atomic E-state index is -0.746. The van der Waals surface area contributed by atoms with Crippen LogP contribution in [-0.4, -0.2) is 18.4 Å². The lowest BCUT2D eigenvalue weighted by molar-refractivity contribution is -0.138. The van der Waals surface area contributed by atoms with Crippen molar-refractivity contribution in [3.05, 3.63) is 35.9 Å². The van der Waals surface area contributed by atoms with Crippen LogP contribution < -0.4 is 0 Å². The molecule has 0 aromatic heterocycles. The van der Waals surface area contributed by atoms with Gasteiger partial charge in [-0.2, -0.15) is 0 Å². The van der Waals surface area contributed by atoms with E-state index in [0.717, 1.165) is 12.8 Å². The number of ketones is 1. The fourth-order valence-electron chi connectivity index (χ4n) is 2.17. The second-order valence-corrected chi connectivity index (χ2v) is 5.31. The summed E-state index contributed by atoms with van der Waals surface area (Å²) in [6.07, 6.45) is 9.51. The number of unbranched alkanes of at least 4 members (excludes halogenated alkanes) is 7. The molecular weight excluding hydrogens is 264 g/mol. The quantitative estimate of drug-likeness (QED) is 0.260. The number of Topliss-reactive ketones (excluding diaryl/α,β-unsaturated/α-hetero) is 1. The maximum absolute atomic E-state index is 11.7. The molecule has 0 N–H and O–H groups in total. The fourth-order valence-corrected chi connectivity index (χ4v) is 2.17. The van der Waals surface area contributed by atoms with Crippen LogP contribution in [0.4, 0.5) is 0 Å². The third kappa shape index (κ3) is 7.64. The maximum atomic E-state index is 11.7. The van der Waals surface area contributed by atoms with Gasteiger partial charge in [-0.3, -0.25) is 4.79 Å². The van der Waals surface area contributed by atoms with Crippen molar-refractivity contribution in [1.29, 1.82) is 0 Å². The smallest absolute Gasteiger partial charge is 0.379 e. The van der Waals surface area contributed by atoms with Gasteiger partial charge in [0, 0.05) is 5.56 Å². The summed E-state index contributed by atoms with van der Waals surface area (Å²) in [5.74, 6) is -1.31. The maximum Gasteiger partial charge on any atom is 0.379 e. The highest BCUT2D eigenvalue weighted by Gasteiger charge is 2.16. The number of benzene rings is 1. The first-order valence-corrected chi connectivity index (χ1v) is 8.02. The Hall–Kier alpha value is -1.64. The summed E-state index contributed by atoms with van der Waals surface area (Å²) in [7, 11) is 0. The van der Waals surface area contributed by atoms with Gasteiger partial charge in [0.25, 0.3) is 5.78 Å². The van der Waals surface area contributed by atoms with Crippen LogP contribution in [0.2, 0.25) is 0 Å². The number of hydrogen-bond donors (Lipinski definition) is 0. The molecule has 0 atom stereocenters. The normalized spacial score (nSPS) is 10.3. The van der Waals surface area contributed by atoms with Gasteiger partial charge in [-0.25, -0.2) is 4.79 Å². The number of carbonyl (C=O) groups excluding carboxylic acids is 2. The molecule has 3 heteroatoms. The summed E-state index contributed by atoms with van der Waals surface area (Å²) in [6, 6.07) is 8.53. The van der Waals surface area contributed by atoms with Gasteiger partial charge in [0.1, 0.15) is 0 Å². The summed E-state index contributed by atoms with van der Waals surface area (Å²) in [4.78, 5) is 23.3. The molecule has 0 amide bonds. The SMILES string of the molecule is CCCCCCCCCCOC(=O)C(=O)c1ccccc1. The lowest BCUT2D eigenvalue weighted by atomic mass is 10.1. The van der Waals surface area contributed by atoms with Gasteiger partial charge in [0.05, 0.1) is 6.61 Å². The van der Waals surface area contributed by atoms with E-state index in [1.165, 1.54) is 38.5 Å². The minimum absolute atomic E-state index is 0.340. The molecule has 0 aliphatic heterocycles. The van der Waals surface area contributed by atoms with Crippen LogP contribution in [-0.2, 0) is 9.53 Å². The van der Waals surface area contributed by atoms with E-state index < -0.39 is 11.8 Å². The zero-order valence-corrected chi connectivity index (χ0v) is 13.0. The predicted molar refractivity (Wildman–Crippen MR) is 84.3 cm³/mol. The van der Waals surface area contributed by atoms with E-state index in [4.69, 9.17) is 4.74 Å². The van der Waals surface area contributed by atoms with Gasteiger partial charge < -0.3 is 4.74 Å². The van der Waals surface area contributed by atoms with Crippen LogP contribution in [0.15, 0.2) is 30.3 Å². The van der Waals surface area contributed by atoms with Crippen LogP contribution >= 0.6 is 0 Å². The van der Waals surface area contributed by atoms with Crippen molar-refractivity contribution in [2.45, 2.75) is 58.3 Å². The van der Waals surface area contributed by atoms with Gasteiger partial charge >= 0.3 is 5.97 Å². The molecule has 3 nitrogen and oxygen atoms in total. The molecule has 0 radical (unpaired) electrons. The van der Waals surface area contributed by atoms with Crippen molar-refractivity contribution >= 4 is 11.8 Å². The third-order valence-electron chi connectivity index (χ3n) is 3.45. The zero-order chi connectivity index (χ0) is 15.3. The van der Waals surface area contributed by atoms with E-state index in [2.05, 4.69) is 6.92 Å². The van der Waals surface area contributed by atoms with Gasteiger partial charge in [-0.1, -0.05) is 82.2 Å². The van der Waals surface area contributed by atoms with E-state index in [0.29, 0.717) is 12.2 Å². The van der Waals surface area contributed by atoms with E-state index in [9.17, 15) is 9.59 Å². The monoisotopic (exact) mass is 290 g/mol. The number of esters is 1. The number of carbonyl (C=O) groups is 2. The van der Waals surface area contributed by atoms with Crippen molar-refractivity contribution in [3.8, 4) is 0 Å². The number of rotatable bonds is 11. The van der Waals surface area contributed by atoms with Crippen molar-refractivity contribution < 1.29 is 14.3 Å². The number of ether oxygens (including phenoxy) is 1. The van der Waals surface area contributed by atoms with E-state index in [1.54, 1.807) is 24.3 Å². The van der Waals surface area contributed by atoms with Crippen LogP contribution in [0.5, 0.6) is 0 Å². The first kappa shape index (κ1) is 17.4. The molecule has 0 spiro atoms. The van der Waals surface area contributed by atoms with Crippen LogP contribution in [0, 0.1) is 0 Å². The van der Waals surface area contributed by atoms with Gasteiger partial charge in [0.2, 0.25) is 0 Å². The summed E-state index contributed by atoms with van der Waals surface area (Å²) in [6.45, 7) is 2.55. The fraction of sp³-hybridized carbons (Fsp3) is 0.556. The third-order valence-corrected chi connectivity index (χ3v) is 3.45. The summed E-state index contributed by atoms with van der Waals surface area (Å²) in [5, 5.41) is 0. The van der Waals surface area contributed by atoms with Crippen LogP contribution in [0.1, 0.15) is 68.6 Å². The topological polar surface area (TPSA) is 43.4 Å². The lowest BCUT2D eigenvalue weighted by Crippen LogP contribution is -2.18. The Labute approximate surface area is 127 Å². The van der Waals surface area contributed by atoms with Crippen molar-refractivity contribution in [3.63, 3.8) is 0 Å². The van der Waals surface area contributed by atoms with E-state index in [1.807, 2.05) is 6.07 Å². The molecule has 0 saturated heterocycles. The Morgan fingerprint density at radius 1 is 0.857 bits per heavy atom. The Kier molecular flexibility index (Phi) is 9.18. The first-order chi connectivity index (χ1) is 10.3. The van der Waals surface area contributed by atoms with Crippen molar-refractivity contribution in [2.24, 2.45) is 0 Å². The lowest BCUT2D eigenvalue weighted by Gasteiger charge is -2.04. The predicted octanol–water partition coefficient (Wildman–Crippen LogP) is 4.55. The molecule has 1 aromatic carbocycles. The number of hydrogen-bond acceptors (Lipinski definition) is 3. The van der Waals surface area contributed by atoms with Gasteiger partial charge in [0.15, 0.2) is 0 Å². The molecule has 116 valence electrons. The zero-order valence-electron chi connectivity index (χ0n) is 13.0. The Bertz CT molecular complexity index is 412. The largest absolute Gasteiger partial charge is 0.460 e. The highest BCUT2D eigenvalue weighted by molar-refractivity contribution is 6.40. The van der Waals surface area contributed by atoms with E-state index in [-0.39, 0.29) is 0 Å². The molecule has 0 aliphatic carbocycles. The molecule has 21 heavy (non-hydrogen) atoms. The Morgan fingerprint density at radius 3 is 2.05 bits per heavy atom. The average molecular weight is 290 g/mol.